The standard InChI is InChI=1S/C14H18ClN3O3/c1-21-14(20)10-4-2-3-9(7-10)13(19)18-8-11-12(15)17-6-5-16-11/h5-6,9-10H,2-4,7-8H2,1H3,(H,18,19)/t9-,10+/m0/s1. The monoisotopic (exact) mass is 311 g/mol. The van der Waals surface area contributed by atoms with Crippen molar-refractivity contribution in [3.05, 3.63) is 23.2 Å². The molecule has 0 aliphatic heterocycles. The summed E-state index contributed by atoms with van der Waals surface area (Å²) in [5, 5.41) is 3.09. The van der Waals surface area contributed by atoms with Crippen LogP contribution in [0.4, 0.5) is 0 Å². The number of hydrogen-bond donors (Lipinski definition) is 1. The van der Waals surface area contributed by atoms with Crippen LogP contribution in [-0.4, -0.2) is 29.0 Å². The first kappa shape index (κ1) is 15.7. The number of hydrogen-bond acceptors (Lipinski definition) is 5. The molecule has 1 fully saturated rings. The number of amides is 1. The van der Waals surface area contributed by atoms with E-state index >= 15 is 0 Å². The van der Waals surface area contributed by atoms with E-state index in [0.29, 0.717) is 12.1 Å². The molecule has 1 aliphatic rings. The Bertz CT molecular complexity index is 524. The van der Waals surface area contributed by atoms with Crippen LogP contribution in [0.15, 0.2) is 12.4 Å². The normalized spacial score (nSPS) is 21.6. The highest BCUT2D eigenvalue weighted by molar-refractivity contribution is 6.29. The van der Waals surface area contributed by atoms with Crippen molar-refractivity contribution in [2.45, 2.75) is 32.2 Å². The van der Waals surface area contributed by atoms with Gasteiger partial charge in [-0.3, -0.25) is 14.6 Å². The highest BCUT2D eigenvalue weighted by Gasteiger charge is 2.31. The Balaban J connectivity index is 1.88. The van der Waals surface area contributed by atoms with Gasteiger partial charge in [-0.25, -0.2) is 4.98 Å². The summed E-state index contributed by atoms with van der Waals surface area (Å²) in [6.07, 6.45) is 5.98. The molecule has 6 nitrogen and oxygen atoms in total. The molecular formula is C14H18ClN3O3. The summed E-state index contributed by atoms with van der Waals surface area (Å²) in [5.41, 5.74) is 0.535. The summed E-state index contributed by atoms with van der Waals surface area (Å²) in [6, 6.07) is 0. The molecule has 0 aromatic carbocycles. The Morgan fingerprint density at radius 3 is 2.76 bits per heavy atom. The van der Waals surface area contributed by atoms with Crippen molar-refractivity contribution in [2.75, 3.05) is 7.11 Å². The second-order valence-electron chi connectivity index (χ2n) is 5.10. The molecule has 0 bridgehead atoms. The van der Waals surface area contributed by atoms with Crippen LogP contribution in [-0.2, 0) is 20.9 Å². The zero-order chi connectivity index (χ0) is 15.2. The van der Waals surface area contributed by atoms with Crippen LogP contribution < -0.4 is 5.32 Å². The predicted octanol–water partition coefficient (Wildman–Crippen LogP) is 1.73. The molecule has 0 radical (unpaired) electrons. The Morgan fingerprint density at radius 2 is 2.05 bits per heavy atom. The van der Waals surface area contributed by atoms with Gasteiger partial charge >= 0.3 is 5.97 Å². The van der Waals surface area contributed by atoms with Crippen LogP contribution in [0, 0.1) is 11.8 Å². The number of methoxy groups -OCH3 is 1. The highest BCUT2D eigenvalue weighted by Crippen LogP contribution is 2.30. The van der Waals surface area contributed by atoms with Crippen LogP contribution in [0.5, 0.6) is 0 Å². The maximum atomic E-state index is 12.2. The summed E-state index contributed by atoms with van der Waals surface area (Å²) < 4.78 is 4.76. The third kappa shape index (κ3) is 4.14. The van der Waals surface area contributed by atoms with Gasteiger partial charge in [0.1, 0.15) is 0 Å². The Hall–Kier alpha value is -1.69. The maximum absolute atomic E-state index is 12.2. The molecule has 1 heterocycles. The minimum absolute atomic E-state index is 0.0784. The molecule has 1 amide bonds. The number of esters is 1. The number of aromatic nitrogens is 2. The van der Waals surface area contributed by atoms with Crippen molar-refractivity contribution >= 4 is 23.5 Å². The molecule has 2 atom stereocenters. The second-order valence-corrected chi connectivity index (χ2v) is 5.45. The van der Waals surface area contributed by atoms with Crippen molar-refractivity contribution in [3.63, 3.8) is 0 Å². The zero-order valence-corrected chi connectivity index (χ0v) is 12.6. The molecule has 1 aromatic heterocycles. The maximum Gasteiger partial charge on any atom is 0.308 e. The molecule has 7 heteroatoms. The average Bonchev–Trinajstić information content (AvgIpc) is 2.53. The molecule has 1 aromatic rings. The number of halogens is 1. The lowest BCUT2D eigenvalue weighted by Crippen LogP contribution is -2.35. The number of carbonyl (C=O) groups is 2. The first-order valence-electron chi connectivity index (χ1n) is 6.92. The van der Waals surface area contributed by atoms with E-state index in [0.717, 1.165) is 19.3 Å². The Labute approximate surface area is 128 Å². The van der Waals surface area contributed by atoms with Gasteiger partial charge in [-0.05, 0) is 19.3 Å². The van der Waals surface area contributed by atoms with Crippen molar-refractivity contribution in [1.82, 2.24) is 15.3 Å². The van der Waals surface area contributed by atoms with Crippen LogP contribution in [0.2, 0.25) is 5.15 Å². The lowest BCUT2D eigenvalue weighted by Gasteiger charge is -2.26. The van der Waals surface area contributed by atoms with E-state index in [9.17, 15) is 9.59 Å². The molecule has 2 rings (SSSR count). The van der Waals surface area contributed by atoms with Crippen LogP contribution >= 0.6 is 11.6 Å². The number of nitrogens with one attached hydrogen (secondary N) is 1. The number of carbonyl (C=O) groups excluding carboxylic acids is 2. The van der Waals surface area contributed by atoms with Gasteiger partial charge in [0.15, 0.2) is 5.15 Å². The van der Waals surface area contributed by atoms with Crippen molar-refractivity contribution in [3.8, 4) is 0 Å². The molecule has 114 valence electrons. The summed E-state index contributed by atoms with van der Waals surface area (Å²) in [5.74, 6) is -0.660. The van der Waals surface area contributed by atoms with E-state index in [1.807, 2.05) is 0 Å². The molecule has 1 aliphatic carbocycles. The van der Waals surface area contributed by atoms with Crippen LogP contribution in [0.25, 0.3) is 0 Å². The lowest BCUT2D eigenvalue weighted by molar-refractivity contribution is -0.147. The van der Waals surface area contributed by atoms with E-state index in [1.165, 1.54) is 19.5 Å². The SMILES string of the molecule is COC(=O)[C@@H]1CCC[C@H](C(=O)NCc2nccnc2Cl)C1. The molecule has 1 N–H and O–H groups in total. The topological polar surface area (TPSA) is 81.2 Å². The quantitative estimate of drug-likeness (QED) is 0.856. The number of rotatable bonds is 4. The summed E-state index contributed by atoms with van der Waals surface area (Å²) in [7, 11) is 1.38. The third-order valence-electron chi connectivity index (χ3n) is 3.73. The molecule has 0 saturated heterocycles. The Kier molecular flexibility index (Phi) is 5.50. The fourth-order valence-electron chi connectivity index (χ4n) is 2.59. The smallest absolute Gasteiger partial charge is 0.308 e. The fourth-order valence-corrected chi connectivity index (χ4v) is 2.76. The Morgan fingerprint density at radius 1 is 1.33 bits per heavy atom. The van der Waals surface area contributed by atoms with Gasteiger partial charge in [0, 0.05) is 18.3 Å². The summed E-state index contributed by atoms with van der Waals surface area (Å²) in [4.78, 5) is 31.7. The molecule has 21 heavy (non-hydrogen) atoms. The van der Waals surface area contributed by atoms with Crippen LogP contribution in [0.3, 0.4) is 0 Å². The largest absolute Gasteiger partial charge is 0.469 e. The highest BCUT2D eigenvalue weighted by atomic mass is 35.5. The van der Waals surface area contributed by atoms with Gasteiger partial charge in [-0.2, -0.15) is 0 Å². The van der Waals surface area contributed by atoms with Crippen molar-refractivity contribution < 1.29 is 14.3 Å². The first-order valence-corrected chi connectivity index (χ1v) is 7.30. The molecule has 0 unspecified atom stereocenters. The zero-order valence-electron chi connectivity index (χ0n) is 11.8. The van der Waals surface area contributed by atoms with Crippen molar-refractivity contribution in [1.29, 1.82) is 0 Å². The summed E-state index contributed by atoms with van der Waals surface area (Å²) >= 11 is 5.89. The van der Waals surface area contributed by atoms with Gasteiger partial charge in [-0.15, -0.1) is 0 Å². The average molecular weight is 312 g/mol. The van der Waals surface area contributed by atoms with Gasteiger partial charge in [-0.1, -0.05) is 18.0 Å². The van der Waals surface area contributed by atoms with E-state index < -0.39 is 0 Å². The third-order valence-corrected chi connectivity index (χ3v) is 4.05. The van der Waals surface area contributed by atoms with Gasteiger partial charge < -0.3 is 10.1 Å². The summed E-state index contributed by atoms with van der Waals surface area (Å²) in [6.45, 7) is 0.241. The van der Waals surface area contributed by atoms with Gasteiger partial charge in [0.05, 0.1) is 25.3 Å². The molecule has 1 saturated carbocycles. The predicted molar refractivity (Wildman–Crippen MR) is 76.4 cm³/mol. The second kappa shape index (κ2) is 7.36. The van der Waals surface area contributed by atoms with Gasteiger partial charge in [0.2, 0.25) is 5.91 Å². The van der Waals surface area contributed by atoms with Gasteiger partial charge in [0.25, 0.3) is 0 Å². The van der Waals surface area contributed by atoms with E-state index in [1.54, 1.807) is 0 Å². The van der Waals surface area contributed by atoms with E-state index in [4.69, 9.17) is 16.3 Å². The van der Waals surface area contributed by atoms with E-state index in [-0.39, 0.29) is 35.4 Å². The molecular weight excluding hydrogens is 294 g/mol. The van der Waals surface area contributed by atoms with Crippen LogP contribution in [0.1, 0.15) is 31.4 Å². The number of ether oxygens (including phenoxy) is 1. The van der Waals surface area contributed by atoms with Crippen molar-refractivity contribution in [2.24, 2.45) is 11.8 Å². The first-order chi connectivity index (χ1) is 10.1. The minimum Gasteiger partial charge on any atom is -0.469 e. The number of nitrogens with zero attached hydrogens (tertiary/aromatic N) is 2. The fraction of sp³-hybridized carbons (Fsp3) is 0.571. The lowest BCUT2D eigenvalue weighted by atomic mass is 9.81. The van der Waals surface area contributed by atoms with E-state index in [2.05, 4.69) is 15.3 Å². The molecule has 0 spiro atoms. The minimum atomic E-state index is -0.232.